The second-order valence-electron chi connectivity index (χ2n) is 9.56. The van der Waals surface area contributed by atoms with E-state index in [9.17, 15) is 14.7 Å². The number of pyridine rings is 1. The number of nitrogens with zero attached hydrogens (tertiary/aromatic N) is 2. The predicted octanol–water partition coefficient (Wildman–Crippen LogP) is 5.52. The van der Waals surface area contributed by atoms with Gasteiger partial charge in [0.2, 0.25) is 5.91 Å². The van der Waals surface area contributed by atoms with E-state index >= 15 is 0 Å². The Balaban J connectivity index is 1.58. The molecule has 0 aromatic carbocycles. The Bertz CT molecular complexity index is 719. The van der Waals surface area contributed by atoms with Gasteiger partial charge in [0.05, 0.1) is 6.10 Å². The average Bonchev–Trinajstić information content (AvgIpc) is 3.18. The Morgan fingerprint density at radius 1 is 1.21 bits per heavy atom. The van der Waals surface area contributed by atoms with Crippen molar-refractivity contribution in [1.82, 2.24) is 9.88 Å². The monoisotopic (exact) mass is 456 g/mol. The Hall–Kier alpha value is -2.01. The number of hydrogen-bond acceptors (Lipinski definition) is 4. The second kappa shape index (κ2) is 15.8. The van der Waals surface area contributed by atoms with Gasteiger partial charge in [-0.2, -0.15) is 0 Å². The molecule has 1 N–H and O–H groups in total. The molecule has 1 heterocycles. The summed E-state index contributed by atoms with van der Waals surface area (Å²) in [7, 11) is 1.87. The molecule has 5 nitrogen and oxygen atoms in total. The number of aliphatic hydroxyl groups excluding tert-OH is 1. The minimum absolute atomic E-state index is 0.114. The first-order valence-corrected chi connectivity index (χ1v) is 13.0. The third-order valence-electron chi connectivity index (χ3n) is 6.85. The van der Waals surface area contributed by atoms with E-state index in [1.807, 2.05) is 31.3 Å². The summed E-state index contributed by atoms with van der Waals surface area (Å²) in [6, 6.07) is 5.86. The van der Waals surface area contributed by atoms with E-state index in [0.717, 1.165) is 76.3 Å². The molecule has 1 aliphatic rings. The van der Waals surface area contributed by atoms with E-state index in [0.29, 0.717) is 25.2 Å². The van der Waals surface area contributed by atoms with Crippen molar-refractivity contribution in [3.8, 4) is 0 Å². The lowest BCUT2D eigenvalue weighted by Crippen LogP contribution is -2.28. The minimum Gasteiger partial charge on any atom is -0.389 e. The van der Waals surface area contributed by atoms with E-state index < -0.39 is 0 Å². The maximum atomic E-state index is 12.3. The van der Waals surface area contributed by atoms with Crippen molar-refractivity contribution in [1.29, 1.82) is 0 Å². The quantitative estimate of drug-likeness (QED) is 0.263. The number of aromatic nitrogens is 1. The highest BCUT2D eigenvalue weighted by Crippen LogP contribution is 2.34. The van der Waals surface area contributed by atoms with Gasteiger partial charge in [-0.3, -0.25) is 14.6 Å². The summed E-state index contributed by atoms with van der Waals surface area (Å²) < 4.78 is 0. The van der Waals surface area contributed by atoms with E-state index in [1.54, 1.807) is 11.1 Å². The molecule has 184 valence electrons. The number of ketones is 1. The van der Waals surface area contributed by atoms with Gasteiger partial charge in [-0.25, -0.2) is 0 Å². The maximum absolute atomic E-state index is 12.3. The highest BCUT2D eigenvalue weighted by Gasteiger charge is 2.32. The number of amides is 1. The lowest BCUT2D eigenvalue weighted by molar-refractivity contribution is -0.130. The summed E-state index contributed by atoms with van der Waals surface area (Å²) in [5, 5.41) is 10.1. The fraction of sp³-hybridized carbons (Fsp3) is 0.679. The summed E-state index contributed by atoms with van der Waals surface area (Å²) in [6.07, 6.45) is 17.5. The number of carbonyl (C=O) groups excluding carboxylic acids is 2. The van der Waals surface area contributed by atoms with Crippen molar-refractivity contribution < 1.29 is 14.7 Å². The molecule has 0 unspecified atom stereocenters. The van der Waals surface area contributed by atoms with Crippen LogP contribution in [0.25, 0.3) is 0 Å². The molecule has 1 amide bonds. The van der Waals surface area contributed by atoms with Crippen LogP contribution in [-0.2, 0) is 16.0 Å². The molecule has 5 heteroatoms. The van der Waals surface area contributed by atoms with Crippen LogP contribution in [0.5, 0.6) is 0 Å². The molecule has 1 saturated carbocycles. The third-order valence-corrected chi connectivity index (χ3v) is 6.85. The summed E-state index contributed by atoms with van der Waals surface area (Å²) in [6.45, 7) is 2.86. The highest BCUT2D eigenvalue weighted by atomic mass is 16.3. The van der Waals surface area contributed by atoms with Gasteiger partial charge in [0, 0.05) is 50.7 Å². The minimum atomic E-state index is -0.382. The fourth-order valence-electron chi connectivity index (χ4n) is 4.65. The maximum Gasteiger partial charge on any atom is 0.222 e. The van der Waals surface area contributed by atoms with Gasteiger partial charge in [0.15, 0.2) is 0 Å². The van der Waals surface area contributed by atoms with E-state index in [2.05, 4.69) is 18.0 Å². The molecule has 2 rings (SSSR count). The SMILES string of the molecule is CCCCC[C@H](O)C=C[C@@H]1CCC(=O)[C@@H]1CCCCCCC(=O)N(C)CCc1ccccn1. The van der Waals surface area contributed by atoms with Crippen LogP contribution in [0.15, 0.2) is 36.5 Å². The molecule has 0 saturated heterocycles. The highest BCUT2D eigenvalue weighted by molar-refractivity contribution is 5.83. The van der Waals surface area contributed by atoms with Crippen LogP contribution < -0.4 is 0 Å². The number of carbonyl (C=O) groups is 2. The van der Waals surface area contributed by atoms with Gasteiger partial charge in [-0.05, 0) is 43.7 Å². The van der Waals surface area contributed by atoms with Crippen molar-refractivity contribution in [3.63, 3.8) is 0 Å². The molecule has 3 atom stereocenters. The zero-order valence-corrected chi connectivity index (χ0v) is 20.8. The summed E-state index contributed by atoms with van der Waals surface area (Å²) in [5.74, 6) is 0.977. The Labute approximate surface area is 200 Å². The number of aliphatic hydroxyl groups is 1. The molecule has 0 radical (unpaired) electrons. The van der Waals surface area contributed by atoms with Crippen LogP contribution in [-0.4, -0.2) is 46.4 Å². The van der Waals surface area contributed by atoms with Crippen molar-refractivity contribution in [2.24, 2.45) is 11.8 Å². The second-order valence-corrected chi connectivity index (χ2v) is 9.56. The summed E-state index contributed by atoms with van der Waals surface area (Å²) in [5.41, 5.74) is 1.01. The first-order chi connectivity index (χ1) is 16.0. The largest absolute Gasteiger partial charge is 0.389 e. The predicted molar refractivity (Wildman–Crippen MR) is 134 cm³/mol. The Morgan fingerprint density at radius 3 is 2.79 bits per heavy atom. The number of rotatable bonds is 16. The van der Waals surface area contributed by atoms with Crippen LogP contribution >= 0.6 is 0 Å². The van der Waals surface area contributed by atoms with Gasteiger partial charge in [-0.1, -0.05) is 63.7 Å². The zero-order valence-electron chi connectivity index (χ0n) is 20.8. The molecule has 1 aliphatic carbocycles. The topological polar surface area (TPSA) is 70.5 Å². The van der Waals surface area contributed by atoms with E-state index in [1.165, 1.54) is 0 Å². The molecule has 1 aromatic heterocycles. The van der Waals surface area contributed by atoms with Gasteiger partial charge in [0.25, 0.3) is 0 Å². The first kappa shape index (κ1) is 27.2. The smallest absolute Gasteiger partial charge is 0.222 e. The molecule has 33 heavy (non-hydrogen) atoms. The summed E-state index contributed by atoms with van der Waals surface area (Å²) in [4.78, 5) is 30.8. The zero-order chi connectivity index (χ0) is 23.9. The molecule has 0 aliphatic heterocycles. The Morgan fingerprint density at radius 2 is 2.03 bits per heavy atom. The number of likely N-dealkylation sites (N-methyl/N-ethyl adjacent to an activating group) is 1. The lowest BCUT2D eigenvalue weighted by atomic mass is 9.89. The molecular weight excluding hydrogens is 412 g/mol. The lowest BCUT2D eigenvalue weighted by Gasteiger charge is -2.17. The Kier molecular flexibility index (Phi) is 13.0. The van der Waals surface area contributed by atoms with Crippen LogP contribution in [0.2, 0.25) is 0 Å². The normalized spacial score (nSPS) is 19.3. The number of unbranched alkanes of at least 4 members (excludes halogenated alkanes) is 5. The van der Waals surface area contributed by atoms with Crippen LogP contribution in [0, 0.1) is 11.8 Å². The van der Waals surface area contributed by atoms with Gasteiger partial charge in [0.1, 0.15) is 5.78 Å². The van der Waals surface area contributed by atoms with Crippen LogP contribution in [0.3, 0.4) is 0 Å². The van der Waals surface area contributed by atoms with E-state index in [4.69, 9.17) is 0 Å². The van der Waals surface area contributed by atoms with Gasteiger partial charge >= 0.3 is 0 Å². The fourth-order valence-corrected chi connectivity index (χ4v) is 4.65. The van der Waals surface area contributed by atoms with Crippen molar-refractivity contribution >= 4 is 11.7 Å². The molecule has 1 aromatic rings. The first-order valence-electron chi connectivity index (χ1n) is 13.0. The van der Waals surface area contributed by atoms with Crippen LogP contribution in [0.1, 0.15) is 89.7 Å². The third kappa shape index (κ3) is 10.6. The average molecular weight is 457 g/mol. The molecule has 0 spiro atoms. The van der Waals surface area contributed by atoms with E-state index in [-0.39, 0.29) is 23.8 Å². The van der Waals surface area contributed by atoms with Gasteiger partial charge < -0.3 is 10.0 Å². The molecule has 0 bridgehead atoms. The number of allylic oxidation sites excluding steroid dienone is 1. The molecular formula is C28H44N2O3. The van der Waals surface area contributed by atoms with Crippen molar-refractivity contribution in [2.45, 2.75) is 96.5 Å². The number of Topliss-reactive ketones (excluding diaryl/α,β-unsaturated/α-hetero) is 1. The standard InChI is InChI=1S/C28H44N2O3/c1-3-4-7-13-25(31)18-16-23-17-19-27(32)26(23)14-8-5-6-9-15-28(33)30(2)22-20-24-12-10-11-21-29-24/h10-12,16,18,21,23,25-26,31H,3-9,13-15,17,19-20,22H2,1-2H3/t23-,25+,26-/m1/s1. The molecule has 1 fully saturated rings. The van der Waals surface area contributed by atoms with Crippen LogP contribution in [0.4, 0.5) is 0 Å². The number of hydrogen-bond donors (Lipinski definition) is 1. The van der Waals surface area contributed by atoms with Crippen molar-refractivity contribution in [3.05, 3.63) is 42.2 Å². The van der Waals surface area contributed by atoms with Gasteiger partial charge in [-0.15, -0.1) is 0 Å². The summed E-state index contributed by atoms with van der Waals surface area (Å²) >= 11 is 0. The van der Waals surface area contributed by atoms with Crippen molar-refractivity contribution in [2.75, 3.05) is 13.6 Å².